The van der Waals surface area contributed by atoms with E-state index in [1.807, 2.05) is 63.2 Å². The van der Waals surface area contributed by atoms with Crippen molar-refractivity contribution < 1.29 is 14.3 Å². The van der Waals surface area contributed by atoms with Crippen molar-refractivity contribution in [2.75, 3.05) is 6.61 Å². The van der Waals surface area contributed by atoms with Crippen LogP contribution >= 0.6 is 0 Å². The molecule has 2 amide bonds. The third-order valence-electron chi connectivity index (χ3n) is 5.99. The smallest absolute Gasteiger partial charge is 0.261 e. The Morgan fingerprint density at radius 1 is 1.06 bits per heavy atom. The highest BCUT2D eigenvalue weighted by atomic mass is 16.5. The van der Waals surface area contributed by atoms with Crippen LogP contribution in [0.4, 0.5) is 0 Å². The van der Waals surface area contributed by atoms with Crippen LogP contribution in [0.2, 0.25) is 0 Å². The topological polar surface area (TPSA) is 58.6 Å². The van der Waals surface area contributed by atoms with Crippen molar-refractivity contribution in [3.05, 3.63) is 64.7 Å². The Hall–Kier alpha value is -2.82. The van der Waals surface area contributed by atoms with E-state index in [1.54, 1.807) is 11.8 Å². The number of nitrogens with zero attached hydrogens (tertiary/aromatic N) is 1. The Labute approximate surface area is 185 Å². The second kappa shape index (κ2) is 10.5. The van der Waals surface area contributed by atoms with Gasteiger partial charge in [0.2, 0.25) is 5.91 Å². The molecular formula is C26H34N2O3. The first-order valence-corrected chi connectivity index (χ1v) is 11.2. The molecule has 1 aliphatic rings. The predicted molar refractivity (Wildman–Crippen MR) is 123 cm³/mol. The molecule has 1 unspecified atom stereocenters. The van der Waals surface area contributed by atoms with E-state index in [4.69, 9.17) is 4.74 Å². The lowest BCUT2D eigenvalue weighted by atomic mass is 10.1. The highest BCUT2D eigenvalue weighted by molar-refractivity contribution is 5.88. The Morgan fingerprint density at radius 3 is 2.45 bits per heavy atom. The lowest BCUT2D eigenvalue weighted by molar-refractivity contribution is -0.142. The van der Waals surface area contributed by atoms with Gasteiger partial charge in [-0.3, -0.25) is 9.59 Å². The van der Waals surface area contributed by atoms with Crippen molar-refractivity contribution in [3.8, 4) is 5.75 Å². The number of ether oxygens (including phenoxy) is 1. The van der Waals surface area contributed by atoms with Crippen LogP contribution in [0.1, 0.15) is 54.9 Å². The van der Waals surface area contributed by atoms with Gasteiger partial charge < -0.3 is 15.0 Å². The van der Waals surface area contributed by atoms with Crippen LogP contribution in [-0.4, -0.2) is 35.4 Å². The minimum absolute atomic E-state index is 0.0978. The predicted octanol–water partition coefficient (Wildman–Crippen LogP) is 4.47. The van der Waals surface area contributed by atoms with Gasteiger partial charge in [0.15, 0.2) is 6.61 Å². The van der Waals surface area contributed by atoms with Crippen molar-refractivity contribution in [1.82, 2.24) is 10.2 Å². The van der Waals surface area contributed by atoms with Gasteiger partial charge in [0.1, 0.15) is 11.8 Å². The number of rotatable bonds is 8. The molecule has 31 heavy (non-hydrogen) atoms. The lowest BCUT2D eigenvalue weighted by Gasteiger charge is -2.30. The largest absolute Gasteiger partial charge is 0.483 e. The van der Waals surface area contributed by atoms with Gasteiger partial charge >= 0.3 is 0 Å². The van der Waals surface area contributed by atoms with Gasteiger partial charge in [-0.25, -0.2) is 0 Å². The van der Waals surface area contributed by atoms with Crippen LogP contribution in [-0.2, 0) is 16.1 Å². The van der Waals surface area contributed by atoms with Crippen LogP contribution in [0.5, 0.6) is 5.75 Å². The summed E-state index contributed by atoms with van der Waals surface area (Å²) >= 11 is 0. The van der Waals surface area contributed by atoms with E-state index in [-0.39, 0.29) is 24.5 Å². The monoisotopic (exact) mass is 422 g/mol. The fourth-order valence-corrected chi connectivity index (χ4v) is 4.17. The van der Waals surface area contributed by atoms with Gasteiger partial charge in [0.05, 0.1) is 0 Å². The molecule has 0 spiro atoms. The molecule has 1 atom stereocenters. The molecule has 166 valence electrons. The highest BCUT2D eigenvalue weighted by Gasteiger charge is 2.28. The summed E-state index contributed by atoms with van der Waals surface area (Å²) in [5.74, 6) is 0.396. The van der Waals surface area contributed by atoms with Gasteiger partial charge in [-0.2, -0.15) is 0 Å². The van der Waals surface area contributed by atoms with Crippen LogP contribution in [0.25, 0.3) is 0 Å². The van der Waals surface area contributed by atoms with Crippen LogP contribution in [0.15, 0.2) is 42.5 Å². The summed E-state index contributed by atoms with van der Waals surface area (Å²) in [6, 6.07) is 13.6. The number of aryl methyl sites for hydroxylation is 3. The van der Waals surface area contributed by atoms with Crippen molar-refractivity contribution in [2.45, 2.75) is 72.0 Å². The second-order valence-corrected chi connectivity index (χ2v) is 8.73. The summed E-state index contributed by atoms with van der Waals surface area (Å²) in [7, 11) is 0. The summed E-state index contributed by atoms with van der Waals surface area (Å²) < 4.78 is 5.84. The zero-order chi connectivity index (χ0) is 22.4. The minimum Gasteiger partial charge on any atom is -0.483 e. The van der Waals surface area contributed by atoms with Gasteiger partial charge in [-0.15, -0.1) is 0 Å². The first kappa shape index (κ1) is 22.9. The molecule has 1 saturated carbocycles. The number of amides is 2. The maximum absolute atomic E-state index is 13.2. The maximum Gasteiger partial charge on any atom is 0.261 e. The molecule has 1 aliphatic carbocycles. The number of benzene rings is 2. The van der Waals surface area contributed by atoms with Crippen molar-refractivity contribution in [1.29, 1.82) is 0 Å². The van der Waals surface area contributed by atoms with E-state index in [0.717, 1.165) is 47.9 Å². The van der Waals surface area contributed by atoms with E-state index in [2.05, 4.69) is 5.32 Å². The molecule has 0 heterocycles. The Balaban J connectivity index is 1.73. The maximum atomic E-state index is 13.2. The summed E-state index contributed by atoms with van der Waals surface area (Å²) in [4.78, 5) is 27.7. The van der Waals surface area contributed by atoms with Crippen LogP contribution in [0.3, 0.4) is 0 Å². The van der Waals surface area contributed by atoms with Gasteiger partial charge in [-0.05, 0) is 57.7 Å². The fraction of sp³-hybridized carbons (Fsp3) is 0.462. The molecule has 2 aromatic rings. The quantitative estimate of drug-likeness (QED) is 0.683. The zero-order valence-electron chi connectivity index (χ0n) is 19.1. The average Bonchev–Trinajstić information content (AvgIpc) is 3.23. The standard InChI is InChI=1S/C26H34N2O3/c1-18-8-7-9-22(15-18)16-28(21(4)26(30)27-23-10-5-6-11-23)25(29)17-31-24-13-12-19(2)14-20(24)3/h7-9,12-15,21,23H,5-6,10-11,16-17H2,1-4H3,(H,27,30). The molecule has 0 aliphatic heterocycles. The second-order valence-electron chi connectivity index (χ2n) is 8.73. The average molecular weight is 423 g/mol. The fourth-order valence-electron chi connectivity index (χ4n) is 4.17. The normalized spacial score (nSPS) is 14.8. The summed E-state index contributed by atoms with van der Waals surface area (Å²) in [5, 5.41) is 3.13. The summed E-state index contributed by atoms with van der Waals surface area (Å²) in [5.41, 5.74) is 4.26. The molecule has 5 nitrogen and oxygen atoms in total. The Morgan fingerprint density at radius 2 is 1.77 bits per heavy atom. The van der Waals surface area contributed by atoms with Crippen LogP contribution < -0.4 is 10.1 Å². The molecule has 0 radical (unpaired) electrons. The van der Waals surface area contributed by atoms with Gasteiger partial charge in [0.25, 0.3) is 5.91 Å². The van der Waals surface area contributed by atoms with E-state index in [1.165, 1.54) is 0 Å². The van der Waals surface area contributed by atoms with Crippen molar-refractivity contribution in [2.24, 2.45) is 0 Å². The molecular weight excluding hydrogens is 388 g/mol. The summed E-state index contributed by atoms with van der Waals surface area (Å²) in [6.07, 6.45) is 4.32. The molecule has 2 aromatic carbocycles. The molecule has 0 aromatic heterocycles. The Kier molecular flexibility index (Phi) is 7.72. The van der Waals surface area contributed by atoms with Gasteiger partial charge in [0, 0.05) is 12.6 Å². The molecule has 5 heteroatoms. The third kappa shape index (κ3) is 6.33. The molecule has 0 bridgehead atoms. The molecule has 0 saturated heterocycles. The van der Waals surface area contributed by atoms with Crippen molar-refractivity contribution in [3.63, 3.8) is 0 Å². The van der Waals surface area contributed by atoms with Crippen LogP contribution in [0, 0.1) is 20.8 Å². The van der Waals surface area contributed by atoms with E-state index in [9.17, 15) is 9.59 Å². The number of hydrogen-bond donors (Lipinski definition) is 1. The number of nitrogens with one attached hydrogen (secondary N) is 1. The molecule has 3 rings (SSSR count). The number of hydrogen-bond acceptors (Lipinski definition) is 3. The van der Waals surface area contributed by atoms with E-state index >= 15 is 0 Å². The minimum atomic E-state index is -0.573. The summed E-state index contributed by atoms with van der Waals surface area (Å²) in [6.45, 7) is 8.09. The number of carbonyl (C=O) groups excluding carboxylic acids is 2. The molecule has 1 fully saturated rings. The first-order chi connectivity index (χ1) is 14.8. The number of carbonyl (C=O) groups is 2. The van der Waals surface area contributed by atoms with Gasteiger partial charge in [-0.1, -0.05) is 60.4 Å². The lowest BCUT2D eigenvalue weighted by Crippen LogP contribution is -2.50. The zero-order valence-corrected chi connectivity index (χ0v) is 19.1. The highest BCUT2D eigenvalue weighted by Crippen LogP contribution is 2.20. The molecule has 1 N–H and O–H groups in total. The first-order valence-electron chi connectivity index (χ1n) is 11.2. The van der Waals surface area contributed by atoms with Crippen molar-refractivity contribution >= 4 is 11.8 Å². The van der Waals surface area contributed by atoms with E-state index < -0.39 is 6.04 Å². The SMILES string of the molecule is Cc1cccc(CN(C(=O)COc2ccc(C)cc2C)C(C)C(=O)NC2CCCC2)c1. The third-order valence-corrected chi connectivity index (χ3v) is 5.99. The Bertz CT molecular complexity index is 919. The van der Waals surface area contributed by atoms with E-state index in [0.29, 0.717) is 12.3 Å².